The van der Waals surface area contributed by atoms with Crippen LogP contribution >= 0.6 is 0 Å². The number of benzene rings is 2. The maximum Gasteiger partial charge on any atom is 0.130 e. The molecule has 18 heavy (non-hydrogen) atoms. The summed E-state index contributed by atoms with van der Waals surface area (Å²) < 4.78 is 13.8. The minimum atomic E-state index is -0.223. The monoisotopic (exact) mass is 242 g/mol. The summed E-state index contributed by atoms with van der Waals surface area (Å²) in [5.74, 6) is -0.223. The van der Waals surface area contributed by atoms with E-state index in [4.69, 9.17) is 5.73 Å². The number of nitrogen functional groups attached to an aromatic ring is 1. The maximum absolute atomic E-state index is 13.8. The van der Waals surface area contributed by atoms with E-state index in [2.05, 4.69) is 17.0 Å². The van der Waals surface area contributed by atoms with Gasteiger partial charge in [0.25, 0.3) is 0 Å². The van der Waals surface area contributed by atoms with Gasteiger partial charge in [0, 0.05) is 30.0 Å². The zero-order chi connectivity index (χ0) is 12.5. The van der Waals surface area contributed by atoms with Gasteiger partial charge >= 0.3 is 0 Å². The molecule has 2 N–H and O–H groups in total. The van der Waals surface area contributed by atoms with Crippen LogP contribution in [0.25, 0.3) is 0 Å². The summed E-state index contributed by atoms with van der Waals surface area (Å²) in [6, 6.07) is 13.2. The van der Waals surface area contributed by atoms with Crippen LogP contribution in [-0.2, 0) is 13.0 Å². The number of hydrogen-bond donors (Lipinski definition) is 1. The van der Waals surface area contributed by atoms with Crippen LogP contribution in [0.2, 0.25) is 0 Å². The number of rotatable bonds is 2. The van der Waals surface area contributed by atoms with E-state index >= 15 is 0 Å². The van der Waals surface area contributed by atoms with Gasteiger partial charge in [0.15, 0.2) is 0 Å². The van der Waals surface area contributed by atoms with E-state index in [1.165, 1.54) is 17.3 Å². The fourth-order valence-corrected chi connectivity index (χ4v) is 2.47. The predicted octanol–water partition coefficient (Wildman–Crippen LogP) is 2.97. The third kappa shape index (κ3) is 1.92. The smallest absolute Gasteiger partial charge is 0.130 e. The van der Waals surface area contributed by atoms with Crippen LogP contribution in [-0.4, -0.2) is 6.54 Å². The van der Waals surface area contributed by atoms with E-state index in [9.17, 15) is 4.39 Å². The number of halogens is 1. The van der Waals surface area contributed by atoms with Crippen molar-refractivity contribution in [3.63, 3.8) is 0 Å². The zero-order valence-corrected chi connectivity index (χ0v) is 10.1. The Morgan fingerprint density at radius 3 is 2.83 bits per heavy atom. The molecule has 3 heteroatoms. The van der Waals surface area contributed by atoms with E-state index in [-0.39, 0.29) is 5.82 Å². The molecular weight excluding hydrogens is 227 g/mol. The number of para-hydroxylation sites is 1. The van der Waals surface area contributed by atoms with Gasteiger partial charge in [-0.1, -0.05) is 24.3 Å². The first-order chi connectivity index (χ1) is 8.74. The molecule has 0 spiro atoms. The van der Waals surface area contributed by atoms with Crippen LogP contribution in [0.5, 0.6) is 0 Å². The van der Waals surface area contributed by atoms with E-state index in [0.717, 1.165) is 13.0 Å². The van der Waals surface area contributed by atoms with Crippen molar-refractivity contribution < 1.29 is 4.39 Å². The van der Waals surface area contributed by atoms with Crippen molar-refractivity contribution in [3.8, 4) is 0 Å². The molecule has 0 fully saturated rings. The summed E-state index contributed by atoms with van der Waals surface area (Å²) in [5, 5.41) is 0. The van der Waals surface area contributed by atoms with Crippen LogP contribution < -0.4 is 10.6 Å². The molecule has 0 bridgehead atoms. The van der Waals surface area contributed by atoms with Gasteiger partial charge in [0.05, 0.1) is 0 Å². The molecular formula is C15H15FN2. The molecule has 0 unspecified atom stereocenters. The minimum Gasteiger partial charge on any atom is -0.399 e. The largest absolute Gasteiger partial charge is 0.399 e. The average Bonchev–Trinajstić information content (AvgIpc) is 2.76. The zero-order valence-electron chi connectivity index (χ0n) is 10.1. The van der Waals surface area contributed by atoms with E-state index in [1.807, 2.05) is 12.1 Å². The molecule has 0 aliphatic carbocycles. The van der Waals surface area contributed by atoms with Crippen molar-refractivity contribution in [2.75, 3.05) is 17.2 Å². The summed E-state index contributed by atoms with van der Waals surface area (Å²) in [7, 11) is 0. The third-order valence-corrected chi connectivity index (χ3v) is 3.42. The van der Waals surface area contributed by atoms with Crippen LogP contribution in [0.3, 0.4) is 0 Å². The quantitative estimate of drug-likeness (QED) is 0.820. The molecule has 0 amide bonds. The summed E-state index contributed by atoms with van der Waals surface area (Å²) in [6.45, 7) is 1.55. The number of nitrogens with two attached hydrogens (primary N) is 1. The highest BCUT2D eigenvalue weighted by molar-refractivity contribution is 5.58. The number of anilines is 2. The average molecular weight is 242 g/mol. The molecule has 2 nitrogen and oxygen atoms in total. The van der Waals surface area contributed by atoms with Crippen molar-refractivity contribution in [3.05, 3.63) is 59.4 Å². The Bertz CT molecular complexity index is 580. The van der Waals surface area contributed by atoms with Gasteiger partial charge in [-0.25, -0.2) is 4.39 Å². The predicted molar refractivity (Wildman–Crippen MR) is 72.0 cm³/mol. The Kier molecular flexibility index (Phi) is 2.67. The Hall–Kier alpha value is -2.03. The molecule has 0 aromatic heterocycles. The third-order valence-electron chi connectivity index (χ3n) is 3.42. The van der Waals surface area contributed by atoms with Gasteiger partial charge in [-0.2, -0.15) is 0 Å². The van der Waals surface area contributed by atoms with Crippen LogP contribution in [0, 0.1) is 5.82 Å². The molecule has 0 atom stereocenters. The summed E-state index contributed by atoms with van der Waals surface area (Å²) in [6.07, 6.45) is 1.03. The van der Waals surface area contributed by atoms with Gasteiger partial charge in [-0.05, 0) is 30.2 Å². The van der Waals surface area contributed by atoms with Crippen molar-refractivity contribution in [1.82, 2.24) is 0 Å². The summed E-state index contributed by atoms with van der Waals surface area (Å²) in [4.78, 5) is 2.21. The molecule has 1 heterocycles. The van der Waals surface area contributed by atoms with Gasteiger partial charge in [-0.15, -0.1) is 0 Å². The molecule has 0 saturated carbocycles. The minimum absolute atomic E-state index is 0.223. The highest BCUT2D eigenvalue weighted by Gasteiger charge is 2.19. The summed E-state index contributed by atoms with van der Waals surface area (Å²) in [5.41, 5.74) is 9.28. The second-order valence-electron chi connectivity index (χ2n) is 4.65. The van der Waals surface area contributed by atoms with Gasteiger partial charge in [0.2, 0.25) is 0 Å². The van der Waals surface area contributed by atoms with Crippen molar-refractivity contribution >= 4 is 11.4 Å². The SMILES string of the molecule is Nc1ccc(CN2CCc3ccccc32)c(F)c1. The van der Waals surface area contributed by atoms with Crippen molar-refractivity contribution in [2.45, 2.75) is 13.0 Å². The van der Waals surface area contributed by atoms with E-state index in [0.29, 0.717) is 17.8 Å². The number of fused-ring (bicyclic) bond motifs is 1. The molecule has 3 rings (SSSR count). The second kappa shape index (κ2) is 4.33. The van der Waals surface area contributed by atoms with Gasteiger partial charge in [-0.3, -0.25) is 0 Å². The lowest BCUT2D eigenvalue weighted by Gasteiger charge is -2.19. The highest BCUT2D eigenvalue weighted by Crippen LogP contribution is 2.29. The first kappa shape index (κ1) is 11.1. The lowest BCUT2D eigenvalue weighted by molar-refractivity contribution is 0.606. The van der Waals surface area contributed by atoms with Gasteiger partial charge < -0.3 is 10.6 Å². The first-order valence-electron chi connectivity index (χ1n) is 6.11. The Balaban J connectivity index is 1.86. The van der Waals surface area contributed by atoms with Crippen molar-refractivity contribution in [2.24, 2.45) is 0 Å². The number of hydrogen-bond acceptors (Lipinski definition) is 2. The van der Waals surface area contributed by atoms with Crippen LogP contribution in [0.1, 0.15) is 11.1 Å². The Labute approximate surface area is 106 Å². The summed E-state index contributed by atoms with van der Waals surface area (Å²) >= 11 is 0. The lowest BCUT2D eigenvalue weighted by atomic mass is 10.1. The van der Waals surface area contributed by atoms with Crippen molar-refractivity contribution in [1.29, 1.82) is 0 Å². The van der Waals surface area contributed by atoms with Crippen LogP contribution in [0.15, 0.2) is 42.5 Å². The molecule has 0 radical (unpaired) electrons. The van der Waals surface area contributed by atoms with E-state index in [1.54, 1.807) is 12.1 Å². The Morgan fingerprint density at radius 2 is 2.00 bits per heavy atom. The molecule has 2 aromatic carbocycles. The first-order valence-corrected chi connectivity index (χ1v) is 6.11. The maximum atomic E-state index is 13.8. The molecule has 0 saturated heterocycles. The van der Waals surface area contributed by atoms with Gasteiger partial charge in [0.1, 0.15) is 5.82 Å². The second-order valence-corrected chi connectivity index (χ2v) is 4.65. The molecule has 1 aliphatic rings. The van der Waals surface area contributed by atoms with Crippen LogP contribution in [0.4, 0.5) is 15.8 Å². The fourth-order valence-electron chi connectivity index (χ4n) is 2.47. The highest BCUT2D eigenvalue weighted by atomic mass is 19.1. The Morgan fingerprint density at radius 1 is 1.17 bits per heavy atom. The normalized spacial score (nSPS) is 13.7. The topological polar surface area (TPSA) is 29.3 Å². The van der Waals surface area contributed by atoms with E-state index < -0.39 is 0 Å². The molecule has 1 aliphatic heterocycles. The fraction of sp³-hybridized carbons (Fsp3) is 0.200. The molecule has 2 aromatic rings. The molecule has 92 valence electrons. The lowest BCUT2D eigenvalue weighted by Crippen LogP contribution is -2.20. The number of nitrogens with zero attached hydrogens (tertiary/aromatic N) is 1. The standard InChI is InChI=1S/C15H15FN2/c16-14-9-13(17)6-5-12(14)10-18-8-7-11-3-1-2-4-15(11)18/h1-6,9H,7-8,10,17H2.